The Bertz CT molecular complexity index is 405. The molecule has 0 aliphatic carbocycles. The number of benzene rings is 1. The van der Waals surface area contributed by atoms with E-state index in [1.54, 1.807) is 6.07 Å². The molecule has 7 heteroatoms. The van der Waals surface area contributed by atoms with Gasteiger partial charge in [0.25, 0.3) is 0 Å². The molecular formula is C9H6F3N3O. The van der Waals surface area contributed by atoms with E-state index in [-0.39, 0.29) is 5.75 Å². The summed E-state index contributed by atoms with van der Waals surface area (Å²) >= 11 is 0. The van der Waals surface area contributed by atoms with Crippen LogP contribution in [0.15, 0.2) is 29.4 Å². The Morgan fingerprint density at radius 1 is 1.31 bits per heavy atom. The number of alkyl halides is 3. The highest BCUT2D eigenvalue weighted by atomic mass is 19.4. The van der Waals surface area contributed by atoms with E-state index in [2.05, 4.69) is 15.3 Å². The molecule has 1 rings (SSSR count). The molecule has 84 valence electrons. The quantitative estimate of drug-likeness (QED) is 0.639. The molecule has 0 aliphatic heterocycles. The molecule has 0 atom stereocenters. The second-order valence-corrected chi connectivity index (χ2v) is 2.57. The summed E-state index contributed by atoms with van der Waals surface area (Å²) in [6.07, 6.45) is -3.74. The molecule has 1 aromatic carbocycles. The topological polar surface area (TPSA) is 57.4 Å². The van der Waals surface area contributed by atoms with Crippen LogP contribution in [0, 0.1) is 11.3 Å². The molecule has 0 spiro atoms. The molecule has 0 saturated carbocycles. The standard InChI is InChI=1S/C9H6F3N3O/c10-9(11,12)16-8-3-1-7(2-4-8)15-14-6-5-13/h1-4,6,15H. The third-order valence-corrected chi connectivity index (χ3v) is 1.40. The summed E-state index contributed by atoms with van der Waals surface area (Å²) in [7, 11) is 0. The average molecular weight is 229 g/mol. The van der Waals surface area contributed by atoms with Crippen molar-refractivity contribution in [1.82, 2.24) is 0 Å². The Hall–Kier alpha value is -2.23. The van der Waals surface area contributed by atoms with Gasteiger partial charge in [-0.05, 0) is 24.3 Å². The molecule has 0 heterocycles. The van der Waals surface area contributed by atoms with Crippen LogP contribution >= 0.6 is 0 Å². The van der Waals surface area contributed by atoms with Gasteiger partial charge in [0, 0.05) is 0 Å². The van der Waals surface area contributed by atoms with E-state index in [1.807, 2.05) is 0 Å². The molecule has 0 amide bonds. The summed E-state index contributed by atoms with van der Waals surface area (Å²) in [5.41, 5.74) is 2.89. The number of nitrogens with one attached hydrogen (secondary N) is 1. The lowest BCUT2D eigenvalue weighted by atomic mass is 10.3. The minimum Gasteiger partial charge on any atom is -0.406 e. The largest absolute Gasteiger partial charge is 0.573 e. The predicted molar refractivity (Wildman–Crippen MR) is 50.9 cm³/mol. The third kappa shape index (κ3) is 4.32. The maximum Gasteiger partial charge on any atom is 0.573 e. The zero-order chi connectivity index (χ0) is 12.0. The van der Waals surface area contributed by atoms with Gasteiger partial charge >= 0.3 is 6.36 Å². The van der Waals surface area contributed by atoms with Crippen LogP contribution in [0.5, 0.6) is 5.75 Å². The number of nitrogens with zero attached hydrogens (tertiary/aromatic N) is 2. The van der Waals surface area contributed by atoms with E-state index in [0.717, 1.165) is 18.3 Å². The zero-order valence-corrected chi connectivity index (χ0v) is 7.82. The second-order valence-electron chi connectivity index (χ2n) is 2.57. The second kappa shape index (κ2) is 5.02. The van der Waals surface area contributed by atoms with Crippen molar-refractivity contribution in [2.75, 3.05) is 5.43 Å². The van der Waals surface area contributed by atoms with Gasteiger partial charge in [-0.25, -0.2) is 0 Å². The normalized spacial score (nSPS) is 11.1. The number of anilines is 1. The van der Waals surface area contributed by atoms with Crippen molar-refractivity contribution < 1.29 is 17.9 Å². The van der Waals surface area contributed by atoms with Crippen molar-refractivity contribution in [3.05, 3.63) is 24.3 Å². The minimum absolute atomic E-state index is 0.317. The molecule has 4 nitrogen and oxygen atoms in total. The fourth-order valence-corrected chi connectivity index (χ4v) is 0.867. The number of hydrogen-bond donors (Lipinski definition) is 1. The van der Waals surface area contributed by atoms with Crippen LogP contribution in [0.25, 0.3) is 0 Å². The van der Waals surface area contributed by atoms with Crippen LogP contribution in [0.3, 0.4) is 0 Å². The molecule has 0 fully saturated rings. The summed E-state index contributed by atoms with van der Waals surface area (Å²) in [5, 5.41) is 11.6. The van der Waals surface area contributed by atoms with E-state index in [9.17, 15) is 13.2 Å². The fraction of sp³-hybridized carbons (Fsp3) is 0.111. The van der Waals surface area contributed by atoms with E-state index >= 15 is 0 Å². The van der Waals surface area contributed by atoms with Crippen LogP contribution < -0.4 is 10.2 Å². The first-order valence-corrected chi connectivity index (χ1v) is 4.04. The van der Waals surface area contributed by atoms with Gasteiger partial charge < -0.3 is 4.74 Å². The van der Waals surface area contributed by atoms with Gasteiger partial charge in [-0.15, -0.1) is 13.2 Å². The van der Waals surface area contributed by atoms with Gasteiger partial charge in [0.2, 0.25) is 0 Å². The minimum atomic E-state index is -4.70. The highest BCUT2D eigenvalue weighted by Crippen LogP contribution is 2.23. The van der Waals surface area contributed by atoms with Crippen molar-refractivity contribution in [2.24, 2.45) is 5.10 Å². The smallest absolute Gasteiger partial charge is 0.406 e. The molecule has 1 aromatic rings. The summed E-state index contributed by atoms with van der Waals surface area (Å²) in [6, 6.07) is 6.61. The molecule has 0 aromatic heterocycles. The van der Waals surface area contributed by atoms with Crippen molar-refractivity contribution in [3.63, 3.8) is 0 Å². The summed E-state index contributed by atoms with van der Waals surface area (Å²) in [4.78, 5) is 0. The first kappa shape index (κ1) is 11.8. The number of rotatable bonds is 3. The lowest BCUT2D eigenvalue weighted by Crippen LogP contribution is -2.16. The van der Waals surface area contributed by atoms with Gasteiger partial charge in [0.05, 0.1) is 5.69 Å². The summed E-state index contributed by atoms with van der Waals surface area (Å²) in [5.74, 6) is -0.317. The highest BCUT2D eigenvalue weighted by molar-refractivity contribution is 5.75. The maximum absolute atomic E-state index is 11.8. The molecule has 0 unspecified atom stereocenters. The third-order valence-electron chi connectivity index (χ3n) is 1.40. The van der Waals surface area contributed by atoms with Crippen molar-refractivity contribution in [1.29, 1.82) is 5.26 Å². The zero-order valence-electron chi connectivity index (χ0n) is 7.82. The molecule has 0 radical (unpaired) electrons. The Kier molecular flexibility index (Phi) is 3.72. The SMILES string of the molecule is N#CC=NNc1ccc(OC(F)(F)F)cc1. The molecule has 0 bridgehead atoms. The predicted octanol–water partition coefficient (Wildman–Crippen LogP) is 2.51. The first-order valence-electron chi connectivity index (χ1n) is 4.04. The summed E-state index contributed by atoms with van der Waals surface area (Å²) < 4.78 is 39.0. The van der Waals surface area contributed by atoms with E-state index in [1.165, 1.54) is 12.1 Å². The molecule has 0 aliphatic rings. The van der Waals surface area contributed by atoms with Gasteiger partial charge in [-0.3, -0.25) is 5.43 Å². The van der Waals surface area contributed by atoms with Gasteiger partial charge in [0.1, 0.15) is 18.0 Å². The van der Waals surface area contributed by atoms with E-state index in [4.69, 9.17) is 5.26 Å². The molecular weight excluding hydrogens is 223 g/mol. The number of hydrazone groups is 1. The van der Waals surface area contributed by atoms with Crippen LogP contribution in [0.1, 0.15) is 0 Å². The Balaban J connectivity index is 2.62. The number of hydrogen-bond acceptors (Lipinski definition) is 4. The Labute approximate surface area is 88.9 Å². The monoisotopic (exact) mass is 229 g/mol. The van der Waals surface area contributed by atoms with Crippen LogP contribution in [-0.2, 0) is 0 Å². The average Bonchev–Trinajstić information content (AvgIpc) is 2.19. The maximum atomic E-state index is 11.8. The van der Waals surface area contributed by atoms with Crippen LogP contribution in [0.4, 0.5) is 18.9 Å². The van der Waals surface area contributed by atoms with Crippen LogP contribution in [-0.4, -0.2) is 12.6 Å². The Morgan fingerprint density at radius 2 is 1.94 bits per heavy atom. The highest BCUT2D eigenvalue weighted by Gasteiger charge is 2.30. The number of nitriles is 1. The molecule has 0 saturated heterocycles. The van der Waals surface area contributed by atoms with Gasteiger partial charge in [-0.2, -0.15) is 10.4 Å². The summed E-state index contributed by atoms with van der Waals surface area (Å²) in [6.45, 7) is 0. The van der Waals surface area contributed by atoms with E-state index in [0.29, 0.717) is 5.69 Å². The molecule has 1 N–H and O–H groups in total. The van der Waals surface area contributed by atoms with Crippen molar-refractivity contribution >= 4 is 11.9 Å². The van der Waals surface area contributed by atoms with Crippen molar-refractivity contribution in [2.45, 2.75) is 6.36 Å². The fourth-order valence-electron chi connectivity index (χ4n) is 0.867. The van der Waals surface area contributed by atoms with Gasteiger partial charge in [0.15, 0.2) is 0 Å². The van der Waals surface area contributed by atoms with Gasteiger partial charge in [-0.1, -0.05) is 0 Å². The number of ether oxygens (including phenoxy) is 1. The van der Waals surface area contributed by atoms with E-state index < -0.39 is 6.36 Å². The van der Waals surface area contributed by atoms with Crippen LogP contribution in [0.2, 0.25) is 0 Å². The lowest BCUT2D eigenvalue weighted by molar-refractivity contribution is -0.274. The number of halogens is 3. The lowest BCUT2D eigenvalue weighted by Gasteiger charge is -2.08. The first-order chi connectivity index (χ1) is 7.51. The Morgan fingerprint density at radius 3 is 2.44 bits per heavy atom. The molecule has 16 heavy (non-hydrogen) atoms. The van der Waals surface area contributed by atoms with Crippen molar-refractivity contribution in [3.8, 4) is 11.8 Å².